The fourth-order valence-electron chi connectivity index (χ4n) is 1.42. The molecule has 0 atom stereocenters. The van der Waals surface area contributed by atoms with Gasteiger partial charge in [-0.1, -0.05) is 12.1 Å². The molecule has 0 radical (unpaired) electrons. The highest BCUT2D eigenvalue weighted by Crippen LogP contribution is 2.23. The number of alkyl halides is 1. The summed E-state index contributed by atoms with van der Waals surface area (Å²) in [5.74, 6) is -0.524. The monoisotopic (exact) mass is 329 g/mol. The Labute approximate surface area is 131 Å². The zero-order chi connectivity index (χ0) is 15.7. The number of carbonyl (C=O) groups is 3. The van der Waals surface area contributed by atoms with Gasteiger partial charge in [-0.25, -0.2) is 0 Å². The van der Waals surface area contributed by atoms with Crippen LogP contribution >= 0.6 is 23.4 Å². The van der Waals surface area contributed by atoms with Crippen molar-refractivity contribution in [2.75, 3.05) is 19.0 Å². The minimum atomic E-state index is -0.488. The SMILES string of the molecule is NC(=O)CCNC(=O)c1ccccc1SC(=O)NCCCl. The molecular formula is C13H16ClN3O3S. The maximum atomic E-state index is 12.0. The van der Waals surface area contributed by atoms with Crippen molar-refractivity contribution in [2.45, 2.75) is 11.3 Å². The number of carbonyl (C=O) groups excluding carboxylic acids is 3. The van der Waals surface area contributed by atoms with Gasteiger partial charge < -0.3 is 16.4 Å². The first-order chi connectivity index (χ1) is 10.0. The van der Waals surface area contributed by atoms with E-state index in [0.29, 0.717) is 22.9 Å². The molecule has 1 rings (SSSR count). The third-order valence-corrected chi connectivity index (χ3v) is 3.45. The topological polar surface area (TPSA) is 101 Å². The first kappa shape index (κ1) is 17.3. The second-order valence-electron chi connectivity index (χ2n) is 3.97. The van der Waals surface area contributed by atoms with E-state index in [2.05, 4.69) is 10.6 Å². The second-order valence-corrected chi connectivity index (χ2v) is 5.37. The van der Waals surface area contributed by atoms with Gasteiger partial charge in [0.05, 0.1) is 5.56 Å². The van der Waals surface area contributed by atoms with E-state index in [9.17, 15) is 14.4 Å². The van der Waals surface area contributed by atoms with Crippen molar-refractivity contribution >= 4 is 40.4 Å². The number of benzene rings is 1. The molecule has 0 saturated carbocycles. The molecule has 8 heteroatoms. The molecule has 0 fully saturated rings. The second kappa shape index (κ2) is 9.25. The molecule has 0 aliphatic rings. The molecule has 4 N–H and O–H groups in total. The van der Waals surface area contributed by atoms with E-state index in [0.717, 1.165) is 11.8 Å². The average molecular weight is 330 g/mol. The van der Waals surface area contributed by atoms with Gasteiger partial charge in [-0.2, -0.15) is 0 Å². The van der Waals surface area contributed by atoms with Crippen molar-refractivity contribution in [1.29, 1.82) is 0 Å². The summed E-state index contributed by atoms with van der Waals surface area (Å²) in [6, 6.07) is 6.71. The molecule has 0 saturated heterocycles. The number of halogens is 1. The molecule has 0 unspecified atom stereocenters. The van der Waals surface area contributed by atoms with Gasteiger partial charge in [0, 0.05) is 30.3 Å². The Morgan fingerprint density at radius 1 is 1.14 bits per heavy atom. The molecule has 3 amide bonds. The summed E-state index contributed by atoms with van der Waals surface area (Å²) in [6.45, 7) is 0.520. The van der Waals surface area contributed by atoms with Gasteiger partial charge in [-0.15, -0.1) is 11.6 Å². The highest BCUT2D eigenvalue weighted by atomic mass is 35.5. The first-order valence-electron chi connectivity index (χ1n) is 6.21. The summed E-state index contributed by atoms with van der Waals surface area (Å²) < 4.78 is 0. The van der Waals surface area contributed by atoms with Gasteiger partial charge in [0.25, 0.3) is 11.1 Å². The molecule has 0 bridgehead atoms. The smallest absolute Gasteiger partial charge is 0.283 e. The van der Waals surface area contributed by atoms with Gasteiger partial charge in [-0.3, -0.25) is 14.4 Å². The average Bonchev–Trinajstić information content (AvgIpc) is 2.45. The third kappa shape index (κ3) is 6.50. The van der Waals surface area contributed by atoms with E-state index in [1.807, 2.05) is 0 Å². The summed E-state index contributed by atoms with van der Waals surface area (Å²) in [4.78, 5) is 34.8. The molecule has 114 valence electrons. The van der Waals surface area contributed by atoms with Crippen molar-refractivity contribution in [3.8, 4) is 0 Å². The summed E-state index contributed by atoms with van der Waals surface area (Å²) in [5.41, 5.74) is 5.37. The van der Waals surface area contributed by atoms with Crippen molar-refractivity contribution in [1.82, 2.24) is 10.6 Å². The van der Waals surface area contributed by atoms with E-state index in [-0.39, 0.29) is 24.1 Å². The minimum absolute atomic E-state index is 0.0667. The standard InChI is InChI=1S/C13H16ClN3O3S/c14-6-8-17-13(20)21-10-4-2-1-3-9(10)12(19)16-7-5-11(15)18/h1-4H,5-8H2,(H2,15,18)(H,16,19)(H,17,20). The van der Waals surface area contributed by atoms with Crippen LogP contribution in [0.4, 0.5) is 4.79 Å². The zero-order valence-electron chi connectivity index (χ0n) is 11.2. The van der Waals surface area contributed by atoms with Crippen LogP contribution < -0.4 is 16.4 Å². The normalized spacial score (nSPS) is 9.95. The van der Waals surface area contributed by atoms with Crippen LogP contribution in [0.1, 0.15) is 16.8 Å². The van der Waals surface area contributed by atoms with Crippen LogP contribution in [0.15, 0.2) is 29.2 Å². The van der Waals surface area contributed by atoms with Crippen molar-refractivity contribution in [3.63, 3.8) is 0 Å². The number of primary amides is 1. The lowest BCUT2D eigenvalue weighted by molar-refractivity contribution is -0.117. The predicted octanol–water partition coefficient (Wildman–Crippen LogP) is 1.33. The van der Waals surface area contributed by atoms with E-state index in [1.54, 1.807) is 24.3 Å². The fourth-order valence-corrected chi connectivity index (χ4v) is 2.31. The molecule has 1 aromatic carbocycles. The number of thioether (sulfide) groups is 1. The van der Waals surface area contributed by atoms with Crippen molar-refractivity contribution in [3.05, 3.63) is 29.8 Å². The minimum Gasteiger partial charge on any atom is -0.370 e. The van der Waals surface area contributed by atoms with Crippen LogP contribution in [-0.4, -0.2) is 36.0 Å². The summed E-state index contributed by atoms with van der Waals surface area (Å²) >= 11 is 6.40. The first-order valence-corrected chi connectivity index (χ1v) is 7.57. The quantitative estimate of drug-likeness (QED) is 0.519. The van der Waals surface area contributed by atoms with E-state index < -0.39 is 5.91 Å². The van der Waals surface area contributed by atoms with Gasteiger partial charge in [0.1, 0.15) is 0 Å². The molecule has 0 aliphatic carbocycles. The van der Waals surface area contributed by atoms with Crippen molar-refractivity contribution in [2.24, 2.45) is 5.73 Å². The van der Waals surface area contributed by atoms with Gasteiger partial charge in [0.2, 0.25) is 5.91 Å². The van der Waals surface area contributed by atoms with Crippen LogP contribution in [-0.2, 0) is 4.79 Å². The van der Waals surface area contributed by atoms with E-state index in [4.69, 9.17) is 17.3 Å². The molecular weight excluding hydrogens is 314 g/mol. The lowest BCUT2D eigenvalue weighted by Gasteiger charge is -2.09. The molecule has 0 aliphatic heterocycles. The Kier molecular flexibility index (Phi) is 7.63. The summed E-state index contributed by atoms with van der Waals surface area (Å²) in [5, 5.41) is 4.90. The summed E-state index contributed by atoms with van der Waals surface area (Å²) in [6.07, 6.45) is 0.0667. The van der Waals surface area contributed by atoms with Crippen LogP contribution in [0.5, 0.6) is 0 Å². The summed E-state index contributed by atoms with van der Waals surface area (Å²) in [7, 11) is 0. The fraction of sp³-hybridized carbons (Fsp3) is 0.308. The van der Waals surface area contributed by atoms with Crippen LogP contribution in [0.2, 0.25) is 0 Å². The van der Waals surface area contributed by atoms with E-state index in [1.165, 1.54) is 0 Å². The number of hydrogen-bond donors (Lipinski definition) is 3. The molecule has 0 heterocycles. The molecule has 0 spiro atoms. The Bertz CT molecular complexity index is 525. The third-order valence-electron chi connectivity index (χ3n) is 2.36. The lowest BCUT2D eigenvalue weighted by Crippen LogP contribution is -2.28. The van der Waals surface area contributed by atoms with Crippen LogP contribution in [0, 0.1) is 0 Å². The number of nitrogens with two attached hydrogens (primary N) is 1. The molecule has 1 aromatic rings. The molecule has 0 aromatic heterocycles. The Morgan fingerprint density at radius 2 is 1.86 bits per heavy atom. The van der Waals surface area contributed by atoms with Gasteiger partial charge in [-0.05, 0) is 23.9 Å². The Hall–Kier alpha value is -1.73. The lowest BCUT2D eigenvalue weighted by atomic mass is 10.2. The number of amides is 3. The molecule has 6 nitrogen and oxygen atoms in total. The highest BCUT2D eigenvalue weighted by molar-refractivity contribution is 8.13. The molecule has 21 heavy (non-hydrogen) atoms. The number of rotatable bonds is 7. The number of nitrogens with one attached hydrogen (secondary N) is 2. The van der Waals surface area contributed by atoms with Gasteiger partial charge >= 0.3 is 0 Å². The number of hydrogen-bond acceptors (Lipinski definition) is 4. The maximum absolute atomic E-state index is 12.0. The Morgan fingerprint density at radius 3 is 2.52 bits per heavy atom. The van der Waals surface area contributed by atoms with Crippen molar-refractivity contribution < 1.29 is 14.4 Å². The van der Waals surface area contributed by atoms with Gasteiger partial charge in [0.15, 0.2) is 0 Å². The van der Waals surface area contributed by atoms with Crippen LogP contribution in [0.25, 0.3) is 0 Å². The largest absolute Gasteiger partial charge is 0.370 e. The highest BCUT2D eigenvalue weighted by Gasteiger charge is 2.14. The van der Waals surface area contributed by atoms with Crippen LogP contribution in [0.3, 0.4) is 0 Å². The zero-order valence-corrected chi connectivity index (χ0v) is 12.8. The Balaban J connectivity index is 2.67. The van der Waals surface area contributed by atoms with E-state index >= 15 is 0 Å². The predicted molar refractivity (Wildman–Crippen MR) is 82.6 cm³/mol. The maximum Gasteiger partial charge on any atom is 0.283 e.